The van der Waals surface area contributed by atoms with Crippen LogP contribution in [0.3, 0.4) is 0 Å². The van der Waals surface area contributed by atoms with Crippen molar-refractivity contribution in [1.82, 2.24) is 0 Å². The van der Waals surface area contributed by atoms with E-state index in [0.717, 1.165) is 5.56 Å². The third kappa shape index (κ3) is 7.24. The molecule has 0 aliphatic rings. The van der Waals surface area contributed by atoms with Crippen molar-refractivity contribution >= 4 is 40.8 Å². The van der Waals surface area contributed by atoms with Crippen LogP contribution in [0.5, 0.6) is 5.75 Å². The average molecular weight is 440 g/mol. The molecular weight excluding hydrogens is 417 g/mol. The second-order valence-corrected chi connectivity index (χ2v) is 7.58. The number of ether oxygens (including phenoxy) is 2. The molecule has 8 heteroatoms. The van der Waals surface area contributed by atoms with Gasteiger partial charge in [0.2, 0.25) is 0 Å². The third-order valence-electron chi connectivity index (χ3n) is 3.89. The van der Waals surface area contributed by atoms with Crippen molar-refractivity contribution < 1.29 is 24.2 Å². The minimum absolute atomic E-state index is 0.184. The first-order valence-corrected chi connectivity index (χ1v) is 9.81. The monoisotopic (exact) mass is 439 g/mol. The smallest absolute Gasteiger partial charge is 0.333 e. The molecule has 0 aliphatic heterocycles. The van der Waals surface area contributed by atoms with Crippen LogP contribution in [0.2, 0.25) is 10.0 Å². The molecule has 0 bridgehead atoms. The Balaban J connectivity index is 2.03. The van der Waals surface area contributed by atoms with Crippen LogP contribution < -0.4 is 10.1 Å². The molecule has 2 aromatic rings. The number of anilines is 1. The summed E-state index contributed by atoms with van der Waals surface area (Å²) < 4.78 is 11.0. The van der Waals surface area contributed by atoms with E-state index in [1.807, 2.05) is 0 Å². The number of aliphatic carboxylic acids is 1. The van der Waals surface area contributed by atoms with Gasteiger partial charge in [-0.05, 0) is 56.7 Å². The number of carboxylic acids is 1. The van der Waals surface area contributed by atoms with Gasteiger partial charge in [0, 0.05) is 17.1 Å². The molecule has 0 radical (unpaired) electrons. The number of amides is 1. The second-order valence-electron chi connectivity index (χ2n) is 6.74. The van der Waals surface area contributed by atoms with Crippen LogP contribution in [0.4, 0.5) is 5.69 Å². The Hall–Kier alpha value is -2.28. The summed E-state index contributed by atoms with van der Waals surface area (Å²) >= 11 is 11.9. The molecule has 29 heavy (non-hydrogen) atoms. The minimum atomic E-state index is -1.03. The van der Waals surface area contributed by atoms with E-state index >= 15 is 0 Å². The highest BCUT2D eigenvalue weighted by molar-refractivity contribution is 6.35. The molecule has 0 saturated carbocycles. The number of benzene rings is 2. The van der Waals surface area contributed by atoms with Crippen LogP contribution in [0.25, 0.3) is 0 Å². The number of rotatable bonds is 9. The normalized spacial score (nSPS) is 13.0. The molecule has 2 aromatic carbocycles. The van der Waals surface area contributed by atoms with Gasteiger partial charge in [-0.1, -0.05) is 35.3 Å². The minimum Gasteiger partial charge on any atom is -0.479 e. The maximum atomic E-state index is 12.5. The Morgan fingerprint density at radius 2 is 1.83 bits per heavy atom. The molecular formula is C21H23Cl2NO5. The third-order valence-corrected chi connectivity index (χ3v) is 4.42. The first-order valence-electron chi connectivity index (χ1n) is 9.05. The molecule has 2 atom stereocenters. The first-order chi connectivity index (χ1) is 13.7. The van der Waals surface area contributed by atoms with Gasteiger partial charge in [0.1, 0.15) is 5.75 Å². The van der Waals surface area contributed by atoms with Crippen molar-refractivity contribution in [1.29, 1.82) is 0 Å². The van der Waals surface area contributed by atoms with Gasteiger partial charge >= 0.3 is 5.97 Å². The van der Waals surface area contributed by atoms with Crippen LogP contribution in [-0.2, 0) is 20.7 Å². The number of nitrogens with one attached hydrogen (secondary N) is 1. The van der Waals surface area contributed by atoms with Gasteiger partial charge < -0.3 is 19.9 Å². The first kappa shape index (κ1) is 23.0. The van der Waals surface area contributed by atoms with Crippen molar-refractivity contribution in [2.75, 3.05) is 5.32 Å². The summed E-state index contributed by atoms with van der Waals surface area (Å²) in [7, 11) is 0. The fraction of sp³-hybridized carbons (Fsp3) is 0.333. The van der Waals surface area contributed by atoms with Gasteiger partial charge in [0.05, 0.1) is 11.1 Å². The van der Waals surface area contributed by atoms with E-state index in [9.17, 15) is 14.7 Å². The Morgan fingerprint density at radius 3 is 2.45 bits per heavy atom. The average Bonchev–Trinajstić information content (AvgIpc) is 2.63. The zero-order valence-corrected chi connectivity index (χ0v) is 17.8. The molecule has 1 amide bonds. The number of carbonyl (C=O) groups excluding carboxylic acids is 1. The van der Waals surface area contributed by atoms with Crippen LogP contribution in [0, 0.1) is 0 Å². The van der Waals surface area contributed by atoms with E-state index in [-0.39, 0.29) is 18.4 Å². The van der Waals surface area contributed by atoms with Crippen molar-refractivity contribution in [3.8, 4) is 5.75 Å². The molecule has 0 aromatic heterocycles. The lowest BCUT2D eigenvalue weighted by Gasteiger charge is -2.18. The van der Waals surface area contributed by atoms with E-state index in [2.05, 4.69) is 5.32 Å². The topological polar surface area (TPSA) is 84.9 Å². The number of hydrogen-bond acceptors (Lipinski definition) is 4. The lowest BCUT2D eigenvalue weighted by atomic mass is 10.1. The predicted molar refractivity (Wildman–Crippen MR) is 113 cm³/mol. The van der Waals surface area contributed by atoms with Gasteiger partial charge in [-0.2, -0.15) is 0 Å². The SMILES string of the molecule is CC(C)OC(Cc1cccc(NC(=O)C(C)Oc2ccc(Cl)cc2Cl)c1)C(=O)O. The summed E-state index contributed by atoms with van der Waals surface area (Å²) in [6.07, 6.45) is -1.80. The zero-order chi connectivity index (χ0) is 21.6. The van der Waals surface area contributed by atoms with E-state index in [1.54, 1.807) is 57.2 Å². The van der Waals surface area contributed by atoms with Gasteiger partial charge in [0.25, 0.3) is 5.91 Å². The van der Waals surface area contributed by atoms with E-state index in [1.165, 1.54) is 6.07 Å². The number of halogens is 2. The summed E-state index contributed by atoms with van der Waals surface area (Å²) in [4.78, 5) is 23.8. The highest BCUT2D eigenvalue weighted by atomic mass is 35.5. The number of carboxylic acid groups (broad SMARTS) is 1. The van der Waals surface area contributed by atoms with Crippen LogP contribution in [-0.4, -0.2) is 35.3 Å². The Kier molecular flexibility index (Phi) is 8.32. The predicted octanol–water partition coefficient (Wildman–Crippen LogP) is 4.82. The molecule has 6 nitrogen and oxygen atoms in total. The van der Waals surface area contributed by atoms with Crippen LogP contribution >= 0.6 is 23.2 Å². The van der Waals surface area contributed by atoms with Gasteiger partial charge in [-0.3, -0.25) is 4.79 Å². The molecule has 0 heterocycles. The molecule has 0 spiro atoms. The maximum Gasteiger partial charge on any atom is 0.333 e. The Bertz CT molecular complexity index is 872. The lowest BCUT2D eigenvalue weighted by molar-refractivity contribution is -0.153. The number of carbonyl (C=O) groups is 2. The largest absolute Gasteiger partial charge is 0.479 e. The van der Waals surface area contributed by atoms with Crippen molar-refractivity contribution in [3.63, 3.8) is 0 Å². The van der Waals surface area contributed by atoms with Gasteiger partial charge in [-0.25, -0.2) is 4.79 Å². The van der Waals surface area contributed by atoms with Crippen molar-refractivity contribution in [2.24, 2.45) is 0 Å². The molecule has 0 saturated heterocycles. The summed E-state index contributed by atoms with van der Waals surface area (Å²) in [5.74, 6) is -1.06. The molecule has 2 unspecified atom stereocenters. The van der Waals surface area contributed by atoms with Gasteiger partial charge in [-0.15, -0.1) is 0 Å². The fourth-order valence-electron chi connectivity index (χ4n) is 2.57. The highest BCUT2D eigenvalue weighted by Crippen LogP contribution is 2.28. The van der Waals surface area contributed by atoms with Crippen molar-refractivity contribution in [3.05, 3.63) is 58.1 Å². The van der Waals surface area contributed by atoms with Crippen molar-refractivity contribution in [2.45, 2.75) is 45.5 Å². The maximum absolute atomic E-state index is 12.5. The Labute approximate surface area is 179 Å². The van der Waals surface area contributed by atoms with E-state index < -0.39 is 18.2 Å². The Morgan fingerprint density at radius 1 is 1.10 bits per heavy atom. The summed E-state index contributed by atoms with van der Waals surface area (Å²) in [5, 5.41) is 12.9. The molecule has 2 rings (SSSR count). The van der Waals surface area contributed by atoms with Crippen LogP contribution in [0.15, 0.2) is 42.5 Å². The standard InChI is InChI=1S/C21H23Cl2NO5/c1-12(2)28-19(21(26)27)10-14-5-4-6-16(9-14)24-20(25)13(3)29-18-8-7-15(22)11-17(18)23/h4-9,11-13,19H,10H2,1-3H3,(H,24,25)(H,26,27). The summed E-state index contributed by atoms with van der Waals surface area (Å²) in [6, 6.07) is 11.7. The molecule has 0 fully saturated rings. The molecule has 156 valence electrons. The summed E-state index contributed by atoms with van der Waals surface area (Å²) in [6.45, 7) is 5.16. The number of hydrogen-bond donors (Lipinski definition) is 2. The van der Waals surface area contributed by atoms with Gasteiger partial charge in [0.15, 0.2) is 12.2 Å². The summed E-state index contributed by atoms with van der Waals surface area (Å²) in [5.41, 5.74) is 1.25. The lowest BCUT2D eigenvalue weighted by Crippen LogP contribution is -2.30. The zero-order valence-electron chi connectivity index (χ0n) is 16.3. The molecule has 2 N–H and O–H groups in total. The highest BCUT2D eigenvalue weighted by Gasteiger charge is 2.21. The molecule has 0 aliphatic carbocycles. The fourth-order valence-corrected chi connectivity index (χ4v) is 3.02. The van der Waals surface area contributed by atoms with E-state index in [4.69, 9.17) is 32.7 Å². The van der Waals surface area contributed by atoms with Crippen LogP contribution in [0.1, 0.15) is 26.3 Å². The second kappa shape index (κ2) is 10.5. The quantitative estimate of drug-likeness (QED) is 0.584. The van der Waals surface area contributed by atoms with E-state index in [0.29, 0.717) is 21.5 Å².